The zero-order valence-electron chi connectivity index (χ0n) is 17.3. The zero-order chi connectivity index (χ0) is 21.4. The van der Waals surface area contributed by atoms with Gasteiger partial charge in [-0.05, 0) is 48.7 Å². The Labute approximate surface area is 191 Å². The van der Waals surface area contributed by atoms with Crippen molar-refractivity contribution in [2.75, 3.05) is 18.9 Å². The molecule has 0 saturated heterocycles. The largest absolute Gasteiger partial charge is 0.321 e. The molecule has 5 rings (SSSR count). The van der Waals surface area contributed by atoms with E-state index in [1.807, 2.05) is 42.5 Å². The maximum atomic E-state index is 13.1. The maximum Gasteiger partial charge on any atom is 0.267 e. The Morgan fingerprint density at radius 1 is 1.06 bits per heavy atom. The molecule has 0 unspecified atom stereocenters. The second kappa shape index (κ2) is 8.46. The molecule has 0 aliphatic carbocycles. The van der Waals surface area contributed by atoms with E-state index in [-0.39, 0.29) is 11.9 Å². The van der Waals surface area contributed by atoms with E-state index < -0.39 is 0 Å². The Kier molecular flexibility index (Phi) is 5.53. The van der Waals surface area contributed by atoms with Gasteiger partial charge in [0.15, 0.2) is 0 Å². The summed E-state index contributed by atoms with van der Waals surface area (Å²) < 4.78 is 1.02. The van der Waals surface area contributed by atoms with E-state index in [0.717, 1.165) is 40.7 Å². The smallest absolute Gasteiger partial charge is 0.267 e. The van der Waals surface area contributed by atoms with Crippen molar-refractivity contribution in [2.45, 2.75) is 18.9 Å². The van der Waals surface area contributed by atoms with Gasteiger partial charge in [-0.2, -0.15) is 0 Å². The third-order valence-corrected chi connectivity index (χ3v) is 7.77. The number of likely N-dealkylation sites (N-methyl/N-ethyl adjacent to an activating group) is 1. The number of nitrogens with one attached hydrogen (secondary N) is 1. The average Bonchev–Trinajstić information content (AvgIpc) is 3.14. The summed E-state index contributed by atoms with van der Waals surface area (Å²) in [6.07, 6.45) is 1.91. The molecule has 1 aliphatic rings. The quantitative estimate of drug-likeness (QED) is 0.384. The number of thiophene rings is 1. The van der Waals surface area contributed by atoms with Crippen molar-refractivity contribution in [2.24, 2.45) is 0 Å². The summed E-state index contributed by atoms with van der Waals surface area (Å²) in [6, 6.07) is 24.9. The van der Waals surface area contributed by atoms with E-state index in [0.29, 0.717) is 9.90 Å². The Hall–Kier alpha value is -2.66. The third-order valence-electron chi connectivity index (χ3n) is 6.10. The van der Waals surface area contributed by atoms with Gasteiger partial charge in [0.1, 0.15) is 4.88 Å². The van der Waals surface area contributed by atoms with Crippen LogP contribution < -0.4 is 5.32 Å². The molecule has 1 aromatic heterocycles. The number of hydrogen-bond acceptors (Lipinski definition) is 3. The van der Waals surface area contributed by atoms with Crippen molar-refractivity contribution in [3.8, 4) is 0 Å². The molecule has 2 heterocycles. The number of carbonyl (C=O) groups excluding carboxylic acids is 1. The predicted octanol–water partition coefficient (Wildman–Crippen LogP) is 6.58. The Morgan fingerprint density at radius 2 is 1.81 bits per heavy atom. The lowest BCUT2D eigenvalue weighted by Crippen LogP contribution is -2.33. The number of para-hydroxylation sites is 1. The minimum Gasteiger partial charge on any atom is -0.321 e. The highest BCUT2D eigenvalue weighted by molar-refractivity contribution is 7.21. The number of benzene rings is 3. The number of halogens is 1. The topological polar surface area (TPSA) is 32.3 Å². The monoisotopic (exact) mass is 446 g/mol. The first kappa shape index (κ1) is 20.3. The summed E-state index contributed by atoms with van der Waals surface area (Å²) in [5, 5.41) is 4.57. The van der Waals surface area contributed by atoms with Crippen LogP contribution in [-0.2, 0) is 12.8 Å². The highest BCUT2D eigenvalue weighted by Crippen LogP contribution is 2.36. The Bertz CT molecular complexity index is 1270. The number of carbonyl (C=O) groups is 1. The second-order valence-corrected chi connectivity index (χ2v) is 9.43. The normalized spacial score (nSPS) is 16.3. The molecule has 0 fully saturated rings. The van der Waals surface area contributed by atoms with Crippen molar-refractivity contribution < 1.29 is 4.79 Å². The molecule has 1 N–H and O–H groups in total. The lowest BCUT2D eigenvalue weighted by atomic mass is 9.89. The van der Waals surface area contributed by atoms with Crippen molar-refractivity contribution >= 4 is 44.6 Å². The fraction of sp³-hybridized carbons (Fsp3) is 0.192. The third kappa shape index (κ3) is 3.87. The standard InChI is InChI=1S/C26H23ClN2OS/c1-29-15-14-17-8-2-4-10-19(17)22(29)16-18-9-3-6-12-21(18)28-26(30)25-24(27)20-11-5-7-13-23(20)31-25/h2-13,22H,14-16H2,1H3,(H,28,30)/t22-/m1/s1. The number of nitrogens with zero attached hydrogens (tertiary/aromatic N) is 1. The van der Waals surface area contributed by atoms with E-state index in [4.69, 9.17) is 11.6 Å². The summed E-state index contributed by atoms with van der Waals surface area (Å²) in [4.78, 5) is 16.1. The van der Waals surface area contributed by atoms with Crippen LogP contribution in [0.1, 0.15) is 32.4 Å². The van der Waals surface area contributed by atoms with Gasteiger partial charge < -0.3 is 5.32 Å². The van der Waals surface area contributed by atoms with E-state index >= 15 is 0 Å². The van der Waals surface area contributed by atoms with Crippen LogP contribution in [0.4, 0.5) is 5.69 Å². The molecule has 3 aromatic carbocycles. The molecular formula is C26H23ClN2OS. The minimum absolute atomic E-state index is 0.156. The first-order valence-corrected chi connectivity index (χ1v) is 11.7. The lowest BCUT2D eigenvalue weighted by molar-refractivity contribution is 0.103. The van der Waals surface area contributed by atoms with Gasteiger partial charge in [0.05, 0.1) is 5.02 Å². The van der Waals surface area contributed by atoms with Gasteiger partial charge in [-0.15, -0.1) is 11.3 Å². The van der Waals surface area contributed by atoms with Crippen molar-refractivity contribution in [3.05, 3.63) is 99.4 Å². The zero-order valence-corrected chi connectivity index (χ0v) is 18.8. The van der Waals surface area contributed by atoms with Crippen LogP contribution in [0, 0.1) is 0 Å². The molecule has 31 heavy (non-hydrogen) atoms. The summed E-state index contributed by atoms with van der Waals surface area (Å²) >= 11 is 7.96. The fourth-order valence-electron chi connectivity index (χ4n) is 4.41. The second-order valence-electron chi connectivity index (χ2n) is 8.00. The molecule has 1 amide bonds. The van der Waals surface area contributed by atoms with Crippen LogP contribution in [0.15, 0.2) is 72.8 Å². The van der Waals surface area contributed by atoms with Crippen molar-refractivity contribution in [1.82, 2.24) is 4.90 Å². The maximum absolute atomic E-state index is 13.1. The van der Waals surface area contributed by atoms with E-state index in [2.05, 4.69) is 47.6 Å². The summed E-state index contributed by atoms with van der Waals surface area (Å²) in [5.74, 6) is -0.156. The highest BCUT2D eigenvalue weighted by Gasteiger charge is 2.26. The van der Waals surface area contributed by atoms with Crippen molar-refractivity contribution in [1.29, 1.82) is 0 Å². The summed E-state index contributed by atoms with van der Waals surface area (Å²) in [6.45, 7) is 1.04. The molecule has 0 spiro atoms. The highest BCUT2D eigenvalue weighted by atomic mass is 35.5. The molecule has 0 bridgehead atoms. The van der Waals surface area contributed by atoms with Gasteiger partial charge in [-0.25, -0.2) is 0 Å². The number of hydrogen-bond donors (Lipinski definition) is 1. The molecule has 1 aliphatic heterocycles. The lowest BCUT2D eigenvalue weighted by Gasteiger charge is -2.35. The summed E-state index contributed by atoms with van der Waals surface area (Å²) in [5.41, 5.74) is 4.77. The Balaban J connectivity index is 1.43. The number of fused-ring (bicyclic) bond motifs is 2. The predicted molar refractivity (Wildman–Crippen MR) is 130 cm³/mol. The molecule has 0 radical (unpaired) electrons. The van der Waals surface area contributed by atoms with Crippen LogP contribution in [0.2, 0.25) is 5.02 Å². The van der Waals surface area contributed by atoms with Crippen LogP contribution >= 0.6 is 22.9 Å². The SMILES string of the molecule is CN1CCc2ccccc2[C@H]1Cc1ccccc1NC(=O)c1sc2ccccc2c1Cl. The number of rotatable bonds is 4. The van der Waals surface area contributed by atoms with Gasteiger partial charge in [0.25, 0.3) is 5.91 Å². The van der Waals surface area contributed by atoms with Gasteiger partial charge >= 0.3 is 0 Å². The fourth-order valence-corrected chi connectivity index (χ4v) is 5.82. The van der Waals surface area contributed by atoms with E-state index in [9.17, 15) is 4.79 Å². The molecule has 4 aromatic rings. The van der Waals surface area contributed by atoms with Crippen LogP contribution in [0.3, 0.4) is 0 Å². The molecular weight excluding hydrogens is 424 g/mol. The van der Waals surface area contributed by atoms with Crippen LogP contribution in [0.25, 0.3) is 10.1 Å². The van der Waals surface area contributed by atoms with Crippen LogP contribution in [-0.4, -0.2) is 24.4 Å². The molecule has 5 heteroatoms. The van der Waals surface area contributed by atoms with Gasteiger partial charge in [-0.1, -0.05) is 72.3 Å². The van der Waals surface area contributed by atoms with Crippen molar-refractivity contribution in [3.63, 3.8) is 0 Å². The van der Waals surface area contributed by atoms with Gasteiger partial charge in [0, 0.05) is 28.4 Å². The number of anilines is 1. The molecule has 1 atom stereocenters. The van der Waals surface area contributed by atoms with Gasteiger partial charge in [-0.3, -0.25) is 9.69 Å². The minimum atomic E-state index is -0.156. The van der Waals surface area contributed by atoms with Gasteiger partial charge in [0.2, 0.25) is 0 Å². The first-order chi connectivity index (χ1) is 15.1. The molecule has 156 valence electrons. The van der Waals surface area contributed by atoms with Crippen LogP contribution in [0.5, 0.6) is 0 Å². The van der Waals surface area contributed by atoms with E-state index in [1.54, 1.807) is 0 Å². The molecule has 0 saturated carbocycles. The van der Waals surface area contributed by atoms with E-state index in [1.165, 1.54) is 22.5 Å². The average molecular weight is 447 g/mol. The first-order valence-electron chi connectivity index (χ1n) is 10.5. The summed E-state index contributed by atoms with van der Waals surface area (Å²) in [7, 11) is 2.18. The Morgan fingerprint density at radius 3 is 2.68 bits per heavy atom. The molecule has 3 nitrogen and oxygen atoms in total. The number of amides is 1.